The van der Waals surface area contributed by atoms with E-state index in [1.54, 1.807) is 0 Å². The minimum atomic E-state index is 0.765. The molecular weight excluding hydrogens is 246 g/mol. The highest BCUT2D eigenvalue weighted by Gasteiger charge is 2.22. The maximum atomic E-state index is 6.15. The average molecular weight is 269 g/mol. The Kier molecular flexibility index (Phi) is 3.62. The Morgan fingerprint density at radius 1 is 1.25 bits per heavy atom. The van der Waals surface area contributed by atoms with Crippen molar-refractivity contribution in [2.45, 2.75) is 26.8 Å². The monoisotopic (exact) mass is 269 g/mol. The largest absolute Gasteiger partial charge is 0.398 e. The maximum absolute atomic E-state index is 6.15. The van der Waals surface area contributed by atoms with Gasteiger partial charge in [0, 0.05) is 24.2 Å². The predicted octanol–water partition coefficient (Wildman–Crippen LogP) is 3.29. The van der Waals surface area contributed by atoms with Crippen LogP contribution in [0.1, 0.15) is 26.0 Å². The van der Waals surface area contributed by atoms with Crippen LogP contribution < -0.4 is 5.73 Å². The first-order chi connectivity index (χ1) is 9.63. The first kappa shape index (κ1) is 13.4. The molecular formula is C17H23N3. The Labute approximate surface area is 120 Å². The summed E-state index contributed by atoms with van der Waals surface area (Å²) in [7, 11) is 0. The van der Waals surface area contributed by atoms with Crippen LogP contribution in [0.5, 0.6) is 0 Å². The van der Waals surface area contributed by atoms with Gasteiger partial charge >= 0.3 is 0 Å². The summed E-state index contributed by atoms with van der Waals surface area (Å²) in [4.78, 5) is 7.25. The molecule has 1 saturated heterocycles. The lowest BCUT2D eigenvalue weighted by Gasteiger charge is -2.35. The van der Waals surface area contributed by atoms with Gasteiger partial charge in [-0.15, -0.1) is 0 Å². The standard InChI is InChI=1S/C17H23N3/c1-12-7-8-20(10-13(12)2)11-14-9-16(18)15-5-3-4-6-17(15)19-14/h3-6,9,12-13H,7-8,10-11H2,1-2H3,(H2,18,19). The Morgan fingerprint density at radius 3 is 2.85 bits per heavy atom. The second-order valence-electron chi connectivity index (χ2n) is 6.20. The number of nitrogens with zero attached hydrogens (tertiary/aromatic N) is 2. The second kappa shape index (κ2) is 5.41. The van der Waals surface area contributed by atoms with E-state index >= 15 is 0 Å². The number of pyridine rings is 1. The van der Waals surface area contributed by atoms with E-state index in [1.165, 1.54) is 13.0 Å². The molecule has 0 amide bonds. The highest BCUT2D eigenvalue weighted by Crippen LogP contribution is 2.25. The fourth-order valence-electron chi connectivity index (χ4n) is 3.06. The molecule has 2 N–H and O–H groups in total. The molecule has 0 spiro atoms. The third kappa shape index (κ3) is 2.63. The summed E-state index contributed by atoms with van der Waals surface area (Å²) in [6, 6.07) is 10.1. The van der Waals surface area contributed by atoms with E-state index in [9.17, 15) is 0 Å². The number of nitrogen functional groups attached to an aromatic ring is 1. The van der Waals surface area contributed by atoms with Crippen LogP contribution in [0, 0.1) is 11.8 Å². The third-order valence-corrected chi connectivity index (χ3v) is 4.61. The van der Waals surface area contributed by atoms with Gasteiger partial charge in [0.1, 0.15) is 0 Å². The molecule has 0 aliphatic carbocycles. The van der Waals surface area contributed by atoms with Crippen LogP contribution in [0.2, 0.25) is 0 Å². The zero-order chi connectivity index (χ0) is 14.1. The number of piperidine rings is 1. The van der Waals surface area contributed by atoms with E-state index < -0.39 is 0 Å². The van der Waals surface area contributed by atoms with Crippen LogP contribution in [0.15, 0.2) is 30.3 Å². The molecule has 1 fully saturated rings. The Balaban J connectivity index is 1.81. The number of rotatable bonds is 2. The molecule has 2 aromatic rings. The van der Waals surface area contributed by atoms with Crippen molar-refractivity contribution in [3.05, 3.63) is 36.0 Å². The van der Waals surface area contributed by atoms with Crippen LogP contribution in [0.4, 0.5) is 5.69 Å². The normalized spacial score (nSPS) is 24.1. The SMILES string of the molecule is CC1CCN(Cc2cc(N)c3ccccc3n2)CC1C. The third-order valence-electron chi connectivity index (χ3n) is 4.61. The van der Waals surface area contributed by atoms with Crippen molar-refractivity contribution >= 4 is 16.6 Å². The van der Waals surface area contributed by atoms with Crippen LogP contribution in [-0.2, 0) is 6.54 Å². The number of hydrogen-bond donors (Lipinski definition) is 1. The van der Waals surface area contributed by atoms with Crippen molar-refractivity contribution in [1.29, 1.82) is 0 Å². The minimum Gasteiger partial charge on any atom is -0.398 e. The number of nitrogens with two attached hydrogens (primary N) is 1. The second-order valence-corrected chi connectivity index (χ2v) is 6.20. The number of aromatic nitrogens is 1. The molecule has 3 nitrogen and oxygen atoms in total. The molecule has 106 valence electrons. The number of hydrogen-bond acceptors (Lipinski definition) is 3. The van der Waals surface area contributed by atoms with Gasteiger partial charge in [0.05, 0.1) is 11.2 Å². The molecule has 1 aromatic heterocycles. The van der Waals surface area contributed by atoms with Crippen molar-refractivity contribution in [3.8, 4) is 0 Å². The van der Waals surface area contributed by atoms with Gasteiger partial charge in [-0.2, -0.15) is 0 Å². The molecule has 1 aliphatic rings. The van der Waals surface area contributed by atoms with E-state index in [1.807, 2.05) is 30.3 Å². The Bertz CT molecular complexity index is 608. The summed E-state index contributed by atoms with van der Waals surface area (Å²) in [6.45, 7) is 7.94. The fraction of sp³-hybridized carbons (Fsp3) is 0.471. The molecule has 0 saturated carbocycles. The minimum absolute atomic E-state index is 0.765. The summed E-state index contributed by atoms with van der Waals surface area (Å²) in [6.07, 6.45) is 1.28. The van der Waals surface area contributed by atoms with E-state index in [4.69, 9.17) is 10.7 Å². The van der Waals surface area contributed by atoms with E-state index in [0.29, 0.717) is 0 Å². The molecule has 0 radical (unpaired) electrons. The van der Waals surface area contributed by atoms with Gasteiger partial charge < -0.3 is 5.73 Å². The molecule has 3 rings (SSSR count). The van der Waals surface area contributed by atoms with E-state index in [-0.39, 0.29) is 0 Å². The summed E-state index contributed by atoms with van der Waals surface area (Å²) >= 11 is 0. The number of fused-ring (bicyclic) bond motifs is 1. The van der Waals surface area contributed by atoms with Crippen molar-refractivity contribution in [1.82, 2.24) is 9.88 Å². The molecule has 2 unspecified atom stereocenters. The van der Waals surface area contributed by atoms with Crippen molar-refractivity contribution in [2.24, 2.45) is 11.8 Å². The highest BCUT2D eigenvalue weighted by atomic mass is 15.1. The van der Waals surface area contributed by atoms with Crippen molar-refractivity contribution in [3.63, 3.8) is 0 Å². The molecule has 20 heavy (non-hydrogen) atoms. The Morgan fingerprint density at radius 2 is 2.05 bits per heavy atom. The molecule has 0 bridgehead atoms. The lowest BCUT2D eigenvalue weighted by atomic mass is 9.88. The number of likely N-dealkylation sites (tertiary alicyclic amines) is 1. The predicted molar refractivity (Wildman–Crippen MR) is 84.4 cm³/mol. The van der Waals surface area contributed by atoms with Gasteiger partial charge in [0.25, 0.3) is 0 Å². The summed E-state index contributed by atoms with van der Waals surface area (Å²) in [5.74, 6) is 1.60. The summed E-state index contributed by atoms with van der Waals surface area (Å²) in [5.41, 5.74) is 9.08. The molecule has 2 heterocycles. The summed E-state index contributed by atoms with van der Waals surface area (Å²) in [5, 5.41) is 1.05. The van der Waals surface area contributed by atoms with Gasteiger partial charge in [-0.05, 0) is 36.9 Å². The van der Waals surface area contributed by atoms with Crippen LogP contribution in [0.3, 0.4) is 0 Å². The smallest absolute Gasteiger partial charge is 0.0726 e. The lowest BCUT2D eigenvalue weighted by Crippen LogP contribution is -2.38. The highest BCUT2D eigenvalue weighted by molar-refractivity contribution is 5.90. The molecule has 2 atom stereocenters. The number of para-hydroxylation sites is 1. The first-order valence-electron chi connectivity index (χ1n) is 7.50. The van der Waals surface area contributed by atoms with E-state index in [0.717, 1.165) is 47.2 Å². The molecule has 3 heteroatoms. The van der Waals surface area contributed by atoms with Gasteiger partial charge in [0.15, 0.2) is 0 Å². The van der Waals surface area contributed by atoms with Crippen LogP contribution in [-0.4, -0.2) is 23.0 Å². The average Bonchev–Trinajstić information content (AvgIpc) is 2.43. The zero-order valence-electron chi connectivity index (χ0n) is 12.3. The lowest BCUT2D eigenvalue weighted by molar-refractivity contribution is 0.131. The van der Waals surface area contributed by atoms with Crippen LogP contribution in [0.25, 0.3) is 10.9 Å². The first-order valence-corrected chi connectivity index (χ1v) is 7.50. The van der Waals surface area contributed by atoms with E-state index in [2.05, 4.69) is 18.7 Å². The fourth-order valence-corrected chi connectivity index (χ4v) is 3.06. The van der Waals surface area contributed by atoms with Crippen molar-refractivity contribution < 1.29 is 0 Å². The maximum Gasteiger partial charge on any atom is 0.0726 e. The van der Waals surface area contributed by atoms with Gasteiger partial charge in [-0.3, -0.25) is 9.88 Å². The summed E-state index contributed by atoms with van der Waals surface area (Å²) < 4.78 is 0. The number of benzene rings is 1. The van der Waals surface area contributed by atoms with Gasteiger partial charge in [-0.25, -0.2) is 0 Å². The topological polar surface area (TPSA) is 42.1 Å². The quantitative estimate of drug-likeness (QED) is 0.909. The number of anilines is 1. The molecule has 1 aromatic carbocycles. The Hall–Kier alpha value is -1.61. The van der Waals surface area contributed by atoms with Gasteiger partial charge in [0.2, 0.25) is 0 Å². The van der Waals surface area contributed by atoms with Gasteiger partial charge in [-0.1, -0.05) is 32.0 Å². The van der Waals surface area contributed by atoms with Crippen LogP contribution >= 0.6 is 0 Å². The zero-order valence-corrected chi connectivity index (χ0v) is 12.3. The molecule has 1 aliphatic heterocycles. The van der Waals surface area contributed by atoms with Crippen molar-refractivity contribution in [2.75, 3.05) is 18.8 Å².